The molecule has 1 aliphatic heterocycles. The molecule has 11 nitrogen and oxygen atoms in total. The first kappa shape index (κ1) is 27.3. The van der Waals surface area contributed by atoms with Crippen molar-refractivity contribution < 1.29 is 22.0 Å². The molecule has 1 saturated heterocycles. The molecule has 0 aromatic carbocycles. The van der Waals surface area contributed by atoms with Gasteiger partial charge >= 0.3 is 0 Å². The van der Waals surface area contributed by atoms with Crippen molar-refractivity contribution in [1.82, 2.24) is 29.2 Å². The summed E-state index contributed by atoms with van der Waals surface area (Å²) in [6, 6.07) is 3.33. The van der Waals surface area contributed by atoms with Crippen molar-refractivity contribution in [2.24, 2.45) is 5.41 Å². The van der Waals surface area contributed by atoms with Crippen molar-refractivity contribution in [2.45, 2.75) is 62.4 Å². The molecule has 1 N–H and O–H groups in total. The maximum atomic E-state index is 13.5. The standard InChI is InChI=1S/C24H25ClF2N8O3S2/c1-13-10-33(7-8-34(13)22(36)23(2)3-4-23)15-9-14(40(37,38)32-24(12-28)5-6-24)11-35-16(15)17(25)29-19(35)21-31-30-20(39-21)18(26)27/h9,11,13,18,32H,3-8,10H2,1-2H3/t13-/m1/s1. The highest BCUT2D eigenvalue weighted by Gasteiger charge is 2.49. The molecule has 4 heterocycles. The number of amides is 1. The van der Waals surface area contributed by atoms with Crippen LogP contribution >= 0.6 is 22.9 Å². The molecule has 212 valence electrons. The minimum atomic E-state index is -4.17. The van der Waals surface area contributed by atoms with Crippen LogP contribution in [0.15, 0.2) is 17.2 Å². The van der Waals surface area contributed by atoms with Gasteiger partial charge in [0.15, 0.2) is 21.0 Å². The van der Waals surface area contributed by atoms with Gasteiger partial charge in [0.1, 0.15) is 16.0 Å². The number of nitrogens with zero attached hydrogens (tertiary/aromatic N) is 7. The normalized spacial score (nSPS) is 21.6. The quantitative estimate of drug-likeness (QED) is 0.428. The zero-order valence-corrected chi connectivity index (χ0v) is 24.0. The molecule has 1 atom stereocenters. The number of rotatable bonds is 7. The van der Waals surface area contributed by atoms with E-state index >= 15 is 0 Å². The number of aromatic nitrogens is 4. The van der Waals surface area contributed by atoms with E-state index < -0.39 is 27.0 Å². The van der Waals surface area contributed by atoms with Crippen LogP contribution in [-0.2, 0) is 14.8 Å². The third-order valence-corrected chi connectivity index (χ3v) is 10.5. The van der Waals surface area contributed by atoms with Gasteiger partial charge in [-0.15, -0.1) is 10.2 Å². The van der Waals surface area contributed by atoms with E-state index in [1.807, 2.05) is 29.7 Å². The van der Waals surface area contributed by atoms with Crippen LogP contribution < -0.4 is 9.62 Å². The monoisotopic (exact) mass is 610 g/mol. The van der Waals surface area contributed by atoms with E-state index in [2.05, 4.69) is 19.9 Å². The lowest BCUT2D eigenvalue weighted by Crippen LogP contribution is -2.55. The van der Waals surface area contributed by atoms with E-state index in [4.69, 9.17) is 11.6 Å². The topological polar surface area (TPSA) is 137 Å². The fourth-order valence-electron chi connectivity index (χ4n) is 4.98. The van der Waals surface area contributed by atoms with Crippen molar-refractivity contribution in [1.29, 1.82) is 5.26 Å². The van der Waals surface area contributed by atoms with Crippen molar-refractivity contribution in [2.75, 3.05) is 24.5 Å². The van der Waals surface area contributed by atoms with Crippen LogP contribution in [0.1, 0.15) is 51.0 Å². The van der Waals surface area contributed by atoms with E-state index in [0.29, 0.717) is 55.0 Å². The number of piperazine rings is 1. The van der Waals surface area contributed by atoms with E-state index in [0.717, 1.165) is 12.8 Å². The largest absolute Gasteiger partial charge is 0.366 e. The Morgan fingerprint density at radius 1 is 1.27 bits per heavy atom. The second-order valence-electron chi connectivity index (χ2n) is 10.9. The first-order valence-corrected chi connectivity index (χ1v) is 15.4. The predicted octanol–water partition coefficient (Wildman–Crippen LogP) is 3.62. The lowest BCUT2D eigenvalue weighted by molar-refractivity contribution is -0.138. The maximum Gasteiger partial charge on any atom is 0.291 e. The first-order valence-electron chi connectivity index (χ1n) is 12.7. The van der Waals surface area contributed by atoms with Crippen molar-refractivity contribution in [3.8, 4) is 16.9 Å². The Morgan fingerprint density at radius 2 is 2.00 bits per heavy atom. The summed E-state index contributed by atoms with van der Waals surface area (Å²) < 4.78 is 57.4. The van der Waals surface area contributed by atoms with Gasteiger partial charge in [-0.05, 0) is 38.7 Å². The SMILES string of the molecule is C[C@@H]1CN(c2cc(S(=O)(=O)NC3(C#N)CC3)cn3c(-c4nnc(C(F)F)s4)nc(Cl)c23)CCN1C(=O)C1(C)CC1. The molecule has 6 rings (SSSR count). The van der Waals surface area contributed by atoms with Crippen LogP contribution in [-0.4, -0.2) is 70.0 Å². The molecule has 40 heavy (non-hydrogen) atoms. The fraction of sp³-hybridized carbons (Fsp3) is 0.542. The number of sulfonamides is 1. The van der Waals surface area contributed by atoms with Crippen LogP contribution in [0.3, 0.4) is 0 Å². The summed E-state index contributed by atoms with van der Waals surface area (Å²) in [7, 11) is -4.17. The molecule has 16 heteroatoms. The molecule has 0 radical (unpaired) electrons. The van der Waals surface area contributed by atoms with Gasteiger partial charge in [-0.3, -0.25) is 9.20 Å². The molecule has 0 spiro atoms. The average molecular weight is 611 g/mol. The second kappa shape index (κ2) is 9.30. The Hall–Kier alpha value is -2.93. The van der Waals surface area contributed by atoms with E-state index in [1.54, 1.807) is 0 Å². The summed E-state index contributed by atoms with van der Waals surface area (Å²) in [5.74, 6) is 0.181. The summed E-state index contributed by atoms with van der Waals surface area (Å²) in [6.07, 6.45) is 0.986. The first-order chi connectivity index (χ1) is 18.9. The van der Waals surface area contributed by atoms with Gasteiger partial charge in [0.05, 0.1) is 11.8 Å². The van der Waals surface area contributed by atoms with Crippen LogP contribution in [0.4, 0.5) is 14.5 Å². The van der Waals surface area contributed by atoms with E-state index in [-0.39, 0.29) is 38.2 Å². The number of nitrogens with one attached hydrogen (secondary N) is 1. The van der Waals surface area contributed by atoms with Gasteiger partial charge in [0.25, 0.3) is 6.43 Å². The van der Waals surface area contributed by atoms with Gasteiger partial charge in [-0.2, -0.15) is 9.98 Å². The Labute approximate surface area is 237 Å². The Balaban J connectivity index is 1.45. The second-order valence-corrected chi connectivity index (χ2v) is 14.0. The molecule has 3 aliphatic rings. The Bertz CT molecular complexity index is 1680. The molecule has 3 aromatic rings. The molecular weight excluding hydrogens is 586 g/mol. The van der Waals surface area contributed by atoms with Crippen molar-refractivity contribution >= 4 is 50.1 Å². The Morgan fingerprint density at radius 3 is 2.58 bits per heavy atom. The maximum absolute atomic E-state index is 13.5. The highest BCUT2D eigenvalue weighted by atomic mass is 35.5. The van der Waals surface area contributed by atoms with Crippen LogP contribution in [0.25, 0.3) is 16.3 Å². The number of imidazole rings is 1. The number of halogens is 3. The number of carbonyl (C=O) groups excluding carboxylic acids is 1. The zero-order valence-electron chi connectivity index (χ0n) is 21.6. The molecule has 0 unspecified atom stereocenters. The minimum Gasteiger partial charge on any atom is -0.366 e. The minimum absolute atomic E-state index is 0.0306. The molecule has 3 fully saturated rings. The molecule has 2 aliphatic carbocycles. The summed E-state index contributed by atoms with van der Waals surface area (Å²) in [5.41, 5.74) is -0.657. The van der Waals surface area contributed by atoms with E-state index in [1.165, 1.54) is 16.7 Å². The number of alkyl halides is 2. The summed E-state index contributed by atoms with van der Waals surface area (Å²) in [6.45, 7) is 5.15. The third-order valence-electron chi connectivity index (χ3n) is 7.81. The Kier molecular flexibility index (Phi) is 6.34. The molecule has 2 saturated carbocycles. The van der Waals surface area contributed by atoms with Crippen LogP contribution in [0.5, 0.6) is 0 Å². The predicted molar refractivity (Wildman–Crippen MR) is 143 cm³/mol. The zero-order chi connectivity index (χ0) is 28.6. The third kappa shape index (κ3) is 4.60. The van der Waals surface area contributed by atoms with Gasteiger partial charge in [0, 0.05) is 37.3 Å². The summed E-state index contributed by atoms with van der Waals surface area (Å²) in [4.78, 5) is 21.1. The van der Waals surface area contributed by atoms with Gasteiger partial charge in [-0.1, -0.05) is 29.9 Å². The highest BCUT2D eigenvalue weighted by molar-refractivity contribution is 7.89. The molecule has 1 amide bonds. The van der Waals surface area contributed by atoms with Crippen LogP contribution in [0, 0.1) is 16.7 Å². The lowest BCUT2D eigenvalue weighted by Gasteiger charge is -2.42. The van der Waals surface area contributed by atoms with Crippen molar-refractivity contribution in [3.63, 3.8) is 0 Å². The summed E-state index contributed by atoms with van der Waals surface area (Å²) >= 11 is 7.22. The number of hydrogen-bond donors (Lipinski definition) is 1. The number of carbonyl (C=O) groups is 1. The molecular formula is C24H25ClF2N8O3S2. The molecule has 0 bridgehead atoms. The van der Waals surface area contributed by atoms with Crippen LogP contribution in [0.2, 0.25) is 5.15 Å². The van der Waals surface area contributed by atoms with Gasteiger partial charge in [0.2, 0.25) is 15.9 Å². The smallest absolute Gasteiger partial charge is 0.291 e. The number of hydrogen-bond acceptors (Lipinski definition) is 9. The van der Waals surface area contributed by atoms with Crippen molar-refractivity contribution in [3.05, 3.63) is 22.4 Å². The van der Waals surface area contributed by atoms with Gasteiger partial charge < -0.3 is 9.80 Å². The number of fused-ring (bicyclic) bond motifs is 1. The molecule has 3 aromatic heterocycles. The van der Waals surface area contributed by atoms with Gasteiger partial charge in [-0.25, -0.2) is 22.2 Å². The fourth-order valence-corrected chi connectivity index (χ4v) is 7.33. The average Bonchev–Trinajstić information content (AvgIpc) is 3.76. The number of nitriles is 1. The number of anilines is 1. The van der Waals surface area contributed by atoms with E-state index in [9.17, 15) is 27.3 Å². The highest BCUT2D eigenvalue weighted by Crippen LogP contribution is 2.47. The number of pyridine rings is 1. The summed E-state index contributed by atoms with van der Waals surface area (Å²) in [5, 5.41) is 16.4. The lowest BCUT2D eigenvalue weighted by atomic mass is 10.0.